The Labute approximate surface area is 166 Å². The summed E-state index contributed by atoms with van der Waals surface area (Å²) in [6.07, 6.45) is 3.00. The summed E-state index contributed by atoms with van der Waals surface area (Å²) >= 11 is 0. The van der Waals surface area contributed by atoms with Crippen molar-refractivity contribution in [2.45, 2.75) is 6.92 Å². The predicted octanol–water partition coefficient (Wildman–Crippen LogP) is 3.68. The number of hydrogen-bond acceptors (Lipinski definition) is 4. The van der Waals surface area contributed by atoms with Crippen LogP contribution < -0.4 is 16.0 Å². The maximum atomic E-state index is 13.7. The number of amides is 3. The van der Waals surface area contributed by atoms with Crippen molar-refractivity contribution in [2.24, 2.45) is 0 Å². The topological polar surface area (TPSA) is 100 Å². The zero-order chi connectivity index (χ0) is 20.8. The van der Waals surface area contributed by atoms with E-state index in [0.29, 0.717) is 22.5 Å². The van der Waals surface area contributed by atoms with Crippen LogP contribution in [-0.4, -0.2) is 22.7 Å². The van der Waals surface area contributed by atoms with Crippen LogP contribution in [0.1, 0.15) is 27.6 Å². The van der Waals surface area contributed by atoms with Gasteiger partial charge in [0.2, 0.25) is 5.91 Å². The Morgan fingerprint density at radius 1 is 0.828 bits per heavy atom. The van der Waals surface area contributed by atoms with Gasteiger partial charge < -0.3 is 16.0 Å². The first-order valence-corrected chi connectivity index (χ1v) is 8.62. The van der Waals surface area contributed by atoms with Crippen LogP contribution in [0, 0.1) is 5.82 Å². The van der Waals surface area contributed by atoms with Crippen molar-refractivity contribution in [3.05, 3.63) is 83.9 Å². The first-order valence-electron chi connectivity index (χ1n) is 8.62. The molecule has 0 aliphatic rings. The van der Waals surface area contributed by atoms with Crippen molar-refractivity contribution in [3.63, 3.8) is 0 Å². The van der Waals surface area contributed by atoms with Crippen LogP contribution in [0.25, 0.3) is 0 Å². The van der Waals surface area contributed by atoms with Crippen LogP contribution in [0.5, 0.6) is 0 Å². The molecular weight excluding hydrogens is 375 g/mol. The number of nitrogens with zero attached hydrogens (tertiary/aromatic N) is 1. The molecular formula is C21H17FN4O3. The number of nitrogens with one attached hydrogen (secondary N) is 3. The maximum Gasteiger partial charge on any atom is 0.257 e. The van der Waals surface area contributed by atoms with E-state index in [1.165, 1.54) is 31.3 Å². The summed E-state index contributed by atoms with van der Waals surface area (Å²) in [5.41, 5.74) is 1.39. The molecule has 29 heavy (non-hydrogen) atoms. The second kappa shape index (κ2) is 8.75. The molecule has 3 amide bonds. The van der Waals surface area contributed by atoms with Gasteiger partial charge in [0, 0.05) is 36.3 Å². The third kappa shape index (κ3) is 5.23. The van der Waals surface area contributed by atoms with Crippen molar-refractivity contribution >= 4 is 34.8 Å². The Hall–Kier alpha value is -4.07. The molecule has 0 unspecified atom stereocenters. The molecule has 0 saturated carbocycles. The molecule has 0 bridgehead atoms. The Morgan fingerprint density at radius 3 is 2.21 bits per heavy atom. The van der Waals surface area contributed by atoms with E-state index in [0.717, 1.165) is 6.07 Å². The van der Waals surface area contributed by atoms with Crippen molar-refractivity contribution in [1.29, 1.82) is 0 Å². The number of benzene rings is 2. The molecule has 146 valence electrons. The SMILES string of the molecule is CC(=O)Nc1cc(NC(=O)c2cccc(NC(=O)c3cccnc3)c2)ccc1F. The third-order valence-corrected chi connectivity index (χ3v) is 3.84. The van der Waals surface area contributed by atoms with E-state index in [2.05, 4.69) is 20.9 Å². The lowest BCUT2D eigenvalue weighted by Crippen LogP contribution is -2.15. The van der Waals surface area contributed by atoms with Gasteiger partial charge in [-0.1, -0.05) is 6.07 Å². The summed E-state index contributed by atoms with van der Waals surface area (Å²) in [5, 5.41) is 7.69. The average molecular weight is 392 g/mol. The quantitative estimate of drug-likeness (QED) is 0.617. The molecule has 3 aromatic rings. The van der Waals surface area contributed by atoms with E-state index < -0.39 is 17.6 Å². The summed E-state index contributed by atoms with van der Waals surface area (Å²) in [5.74, 6) is -1.85. The fourth-order valence-electron chi connectivity index (χ4n) is 2.53. The van der Waals surface area contributed by atoms with E-state index >= 15 is 0 Å². The lowest BCUT2D eigenvalue weighted by atomic mass is 10.1. The largest absolute Gasteiger partial charge is 0.324 e. The van der Waals surface area contributed by atoms with Crippen molar-refractivity contribution in [2.75, 3.05) is 16.0 Å². The fraction of sp³-hybridized carbons (Fsp3) is 0.0476. The number of aromatic nitrogens is 1. The van der Waals surface area contributed by atoms with Gasteiger partial charge in [-0.25, -0.2) is 4.39 Å². The van der Waals surface area contributed by atoms with E-state index in [9.17, 15) is 18.8 Å². The molecule has 2 aromatic carbocycles. The Morgan fingerprint density at radius 2 is 1.52 bits per heavy atom. The number of anilines is 3. The van der Waals surface area contributed by atoms with E-state index in [1.54, 1.807) is 36.5 Å². The maximum absolute atomic E-state index is 13.7. The molecule has 0 saturated heterocycles. The zero-order valence-electron chi connectivity index (χ0n) is 15.4. The van der Waals surface area contributed by atoms with Gasteiger partial charge in [0.25, 0.3) is 11.8 Å². The van der Waals surface area contributed by atoms with Crippen molar-refractivity contribution < 1.29 is 18.8 Å². The summed E-state index contributed by atoms with van der Waals surface area (Å²) in [6.45, 7) is 1.26. The van der Waals surface area contributed by atoms with Gasteiger partial charge in [-0.2, -0.15) is 0 Å². The van der Waals surface area contributed by atoms with E-state index in [-0.39, 0.29) is 11.6 Å². The molecule has 8 heteroatoms. The molecule has 3 rings (SSSR count). The smallest absolute Gasteiger partial charge is 0.257 e. The molecule has 0 atom stereocenters. The molecule has 0 spiro atoms. The molecule has 0 radical (unpaired) electrons. The minimum absolute atomic E-state index is 0.0345. The normalized spacial score (nSPS) is 10.1. The number of hydrogen-bond donors (Lipinski definition) is 3. The summed E-state index contributed by atoms with van der Waals surface area (Å²) in [7, 11) is 0. The lowest BCUT2D eigenvalue weighted by Gasteiger charge is -2.10. The van der Waals surface area contributed by atoms with Crippen molar-refractivity contribution in [3.8, 4) is 0 Å². The van der Waals surface area contributed by atoms with Crippen LogP contribution in [0.15, 0.2) is 67.0 Å². The Kier molecular flexibility index (Phi) is 5.94. The Balaban J connectivity index is 1.73. The van der Waals surface area contributed by atoms with Crippen LogP contribution in [0.4, 0.5) is 21.5 Å². The standard InChI is InChI=1S/C21H17FN4O3/c1-13(27)24-19-11-17(7-8-18(19)22)26-20(28)14-4-2-6-16(10-14)25-21(29)15-5-3-9-23-12-15/h2-12H,1H3,(H,24,27)(H,25,29)(H,26,28). The monoisotopic (exact) mass is 392 g/mol. The molecule has 0 aliphatic carbocycles. The predicted molar refractivity (Wildman–Crippen MR) is 107 cm³/mol. The number of carbonyl (C=O) groups excluding carboxylic acids is 3. The molecule has 1 heterocycles. The van der Waals surface area contributed by atoms with Gasteiger partial charge in [-0.15, -0.1) is 0 Å². The highest BCUT2D eigenvalue weighted by Crippen LogP contribution is 2.21. The number of pyridine rings is 1. The average Bonchev–Trinajstić information content (AvgIpc) is 2.71. The number of carbonyl (C=O) groups is 3. The number of halogens is 1. The highest BCUT2D eigenvalue weighted by atomic mass is 19.1. The van der Waals surface area contributed by atoms with Crippen LogP contribution in [0.3, 0.4) is 0 Å². The first-order chi connectivity index (χ1) is 13.9. The summed E-state index contributed by atoms with van der Waals surface area (Å²) < 4.78 is 13.7. The van der Waals surface area contributed by atoms with Gasteiger partial charge in [-0.3, -0.25) is 19.4 Å². The first kappa shape index (κ1) is 19.7. The van der Waals surface area contributed by atoms with Crippen LogP contribution in [0.2, 0.25) is 0 Å². The lowest BCUT2D eigenvalue weighted by molar-refractivity contribution is -0.114. The van der Waals surface area contributed by atoms with E-state index in [4.69, 9.17) is 0 Å². The minimum Gasteiger partial charge on any atom is -0.324 e. The molecule has 3 N–H and O–H groups in total. The van der Waals surface area contributed by atoms with Gasteiger partial charge in [0.05, 0.1) is 11.3 Å². The van der Waals surface area contributed by atoms with Crippen LogP contribution in [-0.2, 0) is 4.79 Å². The molecule has 7 nitrogen and oxygen atoms in total. The number of rotatable bonds is 5. The second-order valence-electron chi connectivity index (χ2n) is 6.11. The Bertz CT molecular complexity index is 1070. The highest BCUT2D eigenvalue weighted by molar-refractivity contribution is 6.07. The minimum atomic E-state index is -0.613. The summed E-state index contributed by atoms with van der Waals surface area (Å²) in [6, 6.07) is 13.5. The van der Waals surface area contributed by atoms with Gasteiger partial charge in [0.15, 0.2) is 0 Å². The molecule has 1 aromatic heterocycles. The van der Waals surface area contributed by atoms with Gasteiger partial charge >= 0.3 is 0 Å². The van der Waals surface area contributed by atoms with E-state index in [1.807, 2.05) is 0 Å². The second-order valence-corrected chi connectivity index (χ2v) is 6.11. The fourth-order valence-corrected chi connectivity index (χ4v) is 2.53. The third-order valence-electron chi connectivity index (χ3n) is 3.84. The highest BCUT2D eigenvalue weighted by Gasteiger charge is 2.11. The van der Waals surface area contributed by atoms with Crippen LogP contribution >= 0.6 is 0 Å². The molecule has 0 fully saturated rings. The summed E-state index contributed by atoms with van der Waals surface area (Å²) in [4.78, 5) is 39.8. The van der Waals surface area contributed by atoms with Gasteiger partial charge in [0.1, 0.15) is 5.82 Å². The zero-order valence-corrected chi connectivity index (χ0v) is 15.4. The molecule has 0 aliphatic heterocycles. The van der Waals surface area contributed by atoms with Crippen molar-refractivity contribution in [1.82, 2.24) is 4.98 Å². The van der Waals surface area contributed by atoms with Gasteiger partial charge in [-0.05, 0) is 48.5 Å².